The van der Waals surface area contributed by atoms with E-state index in [1.54, 1.807) is 4.52 Å². The molecule has 0 fully saturated rings. The highest BCUT2D eigenvalue weighted by atomic mass is 32.2. The second-order valence-electron chi connectivity index (χ2n) is 5.89. The number of fused-ring (bicyclic) bond motifs is 2. The fourth-order valence-electron chi connectivity index (χ4n) is 2.98. The summed E-state index contributed by atoms with van der Waals surface area (Å²) in [6.45, 7) is 3.82. The molecule has 0 aliphatic carbocycles. The first-order valence-electron chi connectivity index (χ1n) is 7.85. The van der Waals surface area contributed by atoms with Crippen molar-refractivity contribution in [3.63, 3.8) is 0 Å². The maximum Gasteiger partial charge on any atom is 0.291 e. The zero-order valence-electron chi connectivity index (χ0n) is 13.5. The van der Waals surface area contributed by atoms with Gasteiger partial charge in [0.1, 0.15) is 0 Å². The second-order valence-corrected chi connectivity index (χ2v) is 7.02. The van der Waals surface area contributed by atoms with Gasteiger partial charge in [-0.2, -0.15) is 4.98 Å². The Labute approximate surface area is 143 Å². The smallest absolute Gasteiger partial charge is 0.291 e. The van der Waals surface area contributed by atoms with Crippen molar-refractivity contribution in [1.82, 2.24) is 24.9 Å². The number of nitrogens with zero attached hydrogens (tertiary/aromatic N) is 4. The molecule has 4 rings (SSSR count). The summed E-state index contributed by atoms with van der Waals surface area (Å²) in [5.41, 5.74) is 2.93. The maximum absolute atomic E-state index is 12.6. The molecule has 3 aromatic rings. The third-order valence-electron chi connectivity index (χ3n) is 4.09. The molecule has 0 unspecified atom stereocenters. The second kappa shape index (κ2) is 5.90. The standard InChI is InChI=1S/C17H17N5OS/c1-10-9-11(2)22-17(18-10)20-15(21-22)16(23)19-13-7-8-24-14-6-4-3-5-12(13)14/h3-6,9,13H,7-8H2,1-2H3,(H,19,23)/t13-/m1/s1. The van der Waals surface area contributed by atoms with Crippen LogP contribution in [0.4, 0.5) is 0 Å². The van der Waals surface area contributed by atoms with Gasteiger partial charge in [0.2, 0.25) is 5.82 Å². The highest BCUT2D eigenvalue weighted by molar-refractivity contribution is 7.99. The average Bonchev–Trinajstić information content (AvgIpc) is 3.00. The Kier molecular flexibility index (Phi) is 3.72. The van der Waals surface area contributed by atoms with Crippen molar-refractivity contribution >= 4 is 23.4 Å². The molecule has 1 N–H and O–H groups in total. The summed E-state index contributed by atoms with van der Waals surface area (Å²) in [5, 5.41) is 7.37. The molecular weight excluding hydrogens is 322 g/mol. The van der Waals surface area contributed by atoms with Crippen LogP contribution in [-0.4, -0.2) is 31.2 Å². The molecule has 3 heterocycles. The summed E-state index contributed by atoms with van der Waals surface area (Å²) in [6, 6.07) is 10.1. The van der Waals surface area contributed by atoms with Gasteiger partial charge >= 0.3 is 0 Å². The monoisotopic (exact) mass is 339 g/mol. The van der Waals surface area contributed by atoms with Gasteiger partial charge in [0.15, 0.2) is 0 Å². The van der Waals surface area contributed by atoms with Crippen LogP contribution in [0.2, 0.25) is 0 Å². The van der Waals surface area contributed by atoms with Crippen molar-refractivity contribution in [2.75, 3.05) is 5.75 Å². The number of amides is 1. The van der Waals surface area contributed by atoms with Crippen LogP contribution in [0.3, 0.4) is 0 Å². The van der Waals surface area contributed by atoms with Gasteiger partial charge < -0.3 is 5.32 Å². The predicted octanol–water partition coefficient (Wildman–Crippen LogP) is 2.71. The Hall–Kier alpha value is -2.41. The van der Waals surface area contributed by atoms with Gasteiger partial charge in [-0.15, -0.1) is 16.9 Å². The van der Waals surface area contributed by atoms with Crippen molar-refractivity contribution in [2.24, 2.45) is 0 Å². The summed E-state index contributed by atoms with van der Waals surface area (Å²) in [4.78, 5) is 22.4. The lowest BCUT2D eigenvalue weighted by atomic mass is 10.0. The predicted molar refractivity (Wildman–Crippen MR) is 92.2 cm³/mol. The summed E-state index contributed by atoms with van der Waals surface area (Å²) in [5.74, 6) is 1.34. The number of aromatic nitrogens is 4. The molecule has 0 bridgehead atoms. The normalized spacial score (nSPS) is 16.8. The zero-order chi connectivity index (χ0) is 16.7. The van der Waals surface area contributed by atoms with Crippen LogP contribution >= 0.6 is 11.8 Å². The van der Waals surface area contributed by atoms with E-state index in [2.05, 4.69) is 32.5 Å². The van der Waals surface area contributed by atoms with E-state index in [4.69, 9.17) is 0 Å². The van der Waals surface area contributed by atoms with Crippen LogP contribution in [0.15, 0.2) is 35.2 Å². The number of hydrogen-bond acceptors (Lipinski definition) is 5. The minimum Gasteiger partial charge on any atom is -0.342 e. The summed E-state index contributed by atoms with van der Waals surface area (Å²) in [7, 11) is 0. The molecule has 0 saturated carbocycles. The van der Waals surface area contributed by atoms with Crippen LogP contribution in [0.25, 0.3) is 5.78 Å². The minimum atomic E-state index is -0.260. The molecule has 1 aromatic carbocycles. The molecule has 2 aromatic heterocycles. The number of aryl methyl sites for hydroxylation is 2. The lowest BCUT2D eigenvalue weighted by Gasteiger charge is -2.25. The van der Waals surface area contributed by atoms with Crippen LogP contribution in [0.5, 0.6) is 0 Å². The summed E-state index contributed by atoms with van der Waals surface area (Å²) in [6.07, 6.45) is 0.900. The topological polar surface area (TPSA) is 72.2 Å². The van der Waals surface area contributed by atoms with E-state index >= 15 is 0 Å². The molecule has 122 valence electrons. The van der Waals surface area contributed by atoms with E-state index < -0.39 is 0 Å². The molecule has 7 heteroatoms. The molecule has 6 nitrogen and oxygen atoms in total. The highest BCUT2D eigenvalue weighted by Gasteiger charge is 2.24. The van der Waals surface area contributed by atoms with Gasteiger partial charge in [-0.25, -0.2) is 9.50 Å². The fourth-order valence-corrected chi connectivity index (χ4v) is 4.10. The molecule has 1 aliphatic rings. The third kappa shape index (κ3) is 2.65. The number of thioether (sulfide) groups is 1. The number of nitrogens with one attached hydrogen (secondary N) is 1. The van der Waals surface area contributed by atoms with Crippen LogP contribution in [0, 0.1) is 13.8 Å². The minimum absolute atomic E-state index is 0.00245. The molecule has 1 aliphatic heterocycles. The van der Waals surface area contributed by atoms with Gasteiger partial charge in [0.25, 0.3) is 11.7 Å². The Morgan fingerprint density at radius 3 is 3.00 bits per heavy atom. The first-order valence-corrected chi connectivity index (χ1v) is 8.84. The molecule has 24 heavy (non-hydrogen) atoms. The van der Waals surface area contributed by atoms with Gasteiger partial charge in [-0.3, -0.25) is 4.79 Å². The first-order chi connectivity index (χ1) is 11.6. The van der Waals surface area contributed by atoms with Crippen LogP contribution in [-0.2, 0) is 0 Å². The summed E-state index contributed by atoms with van der Waals surface area (Å²) < 4.78 is 1.60. The molecule has 0 spiro atoms. The van der Waals surface area contributed by atoms with Crippen molar-refractivity contribution in [1.29, 1.82) is 0 Å². The molecule has 0 radical (unpaired) electrons. The van der Waals surface area contributed by atoms with Gasteiger partial charge in [-0.1, -0.05) is 18.2 Å². The number of carbonyl (C=O) groups is 1. The number of carbonyl (C=O) groups excluding carboxylic acids is 1. The molecule has 1 atom stereocenters. The van der Waals surface area contributed by atoms with E-state index in [-0.39, 0.29) is 17.8 Å². The van der Waals surface area contributed by atoms with Gasteiger partial charge in [0.05, 0.1) is 6.04 Å². The largest absolute Gasteiger partial charge is 0.342 e. The SMILES string of the molecule is Cc1cc(C)n2nc(C(=O)N[C@@H]3CCSc4ccccc43)nc2n1. The number of hydrogen-bond donors (Lipinski definition) is 1. The molecule has 0 saturated heterocycles. The van der Waals surface area contributed by atoms with Crippen molar-refractivity contribution < 1.29 is 4.79 Å². The van der Waals surface area contributed by atoms with E-state index in [1.807, 2.05) is 43.8 Å². The van der Waals surface area contributed by atoms with Crippen molar-refractivity contribution in [2.45, 2.75) is 31.2 Å². The van der Waals surface area contributed by atoms with E-state index in [9.17, 15) is 4.79 Å². The van der Waals surface area contributed by atoms with Crippen molar-refractivity contribution in [3.8, 4) is 0 Å². The maximum atomic E-state index is 12.6. The van der Waals surface area contributed by atoms with Crippen LogP contribution in [0.1, 0.15) is 40.0 Å². The Balaban J connectivity index is 1.62. The number of benzene rings is 1. The highest BCUT2D eigenvalue weighted by Crippen LogP contribution is 2.35. The average molecular weight is 339 g/mol. The molecule has 1 amide bonds. The summed E-state index contributed by atoms with van der Waals surface area (Å²) >= 11 is 1.83. The van der Waals surface area contributed by atoms with Gasteiger partial charge in [-0.05, 0) is 38.0 Å². The lowest BCUT2D eigenvalue weighted by molar-refractivity contribution is 0.0924. The first kappa shape index (κ1) is 15.1. The molecular formula is C17H17N5OS. The zero-order valence-corrected chi connectivity index (χ0v) is 14.3. The fraction of sp³-hybridized carbons (Fsp3) is 0.294. The van der Waals surface area contributed by atoms with E-state index in [0.717, 1.165) is 29.1 Å². The Bertz CT molecular complexity index is 936. The van der Waals surface area contributed by atoms with Crippen LogP contribution < -0.4 is 5.32 Å². The Morgan fingerprint density at radius 2 is 2.12 bits per heavy atom. The lowest BCUT2D eigenvalue weighted by Crippen LogP contribution is -2.31. The van der Waals surface area contributed by atoms with E-state index in [1.165, 1.54) is 4.90 Å². The van der Waals surface area contributed by atoms with E-state index in [0.29, 0.717) is 5.78 Å². The Morgan fingerprint density at radius 1 is 1.29 bits per heavy atom. The quantitative estimate of drug-likeness (QED) is 0.777. The number of rotatable bonds is 2. The third-order valence-corrected chi connectivity index (χ3v) is 5.21. The van der Waals surface area contributed by atoms with Crippen molar-refractivity contribution in [3.05, 3.63) is 53.1 Å². The van der Waals surface area contributed by atoms with Gasteiger partial charge in [0, 0.05) is 22.0 Å².